The normalized spacial score (nSPS) is 16.8. The fraction of sp³-hybridized carbons (Fsp3) is 0.333. The molecule has 1 fully saturated rings. The third-order valence-electron chi connectivity index (χ3n) is 7.74. The van der Waals surface area contributed by atoms with Crippen LogP contribution in [0.1, 0.15) is 46.8 Å². The summed E-state index contributed by atoms with van der Waals surface area (Å²) >= 11 is 0. The molecule has 0 radical (unpaired) electrons. The number of likely N-dealkylation sites (N-methyl/N-ethyl adjacent to an activating group) is 1. The maximum absolute atomic E-state index is 13.4. The molecule has 1 saturated heterocycles. The highest BCUT2D eigenvalue weighted by molar-refractivity contribution is 6.37. The number of hydrogen-bond donors (Lipinski definition) is 2. The Hall–Kier alpha value is -3.94. The van der Waals surface area contributed by atoms with Gasteiger partial charge in [0.1, 0.15) is 0 Å². The average Bonchev–Trinajstić information content (AvgIpc) is 3.31. The molecular weight excluding hydrogens is 498 g/mol. The highest BCUT2D eigenvalue weighted by Crippen LogP contribution is 2.38. The maximum Gasteiger partial charge on any atom is 0.258 e. The molecule has 0 aliphatic carbocycles. The highest BCUT2D eigenvalue weighted by atomic mass is 16.2. The number of hydrogen-bond acceptors (Lipinski definition) is 5. The van der Waals surface area contributed by atoms with Crippen LogP contribution in [0.4, 0.5) is 11.4 Å². The second-order valence-corrected chi connectivity index (χ2v) is 10.8. The van der Waals surface area contributed by atoms with Gasteiger partial charge in [-0.2, -0.15) is 0 Å². The third-order valence-corrected chi connectivity index (χ3v) is 7.74. The van der Waals surface area contributed by atoms with E-state index in [9.17, 15) is 9.59 Å². The largest absolute Gasteiger partial charge is 0.354 e. The van der Waals surface area contributed by atoms with E-state index in [2.05, 4.69) is 58.7 Å². The number of unbranched alkanes of at least 4 members (excludes halogenated alkanes) is 1. The number of fused-ring (bicyclic) bond motifs is 1. The van der Waals surface area contributed by atoms with Crippen LogP contribution in [0.15, 0.2) is 72.8 Å². The fourth-order valence-electron chi connectivity index (χ4n) is 5.25. The second-order valence-electron chi connectivity index (χ2n) is 10.8. The number of carbonyl (C=O) groups is 2. The van der Waals surface area contributed by atoms with Gasteiger partial charge in [0, 0.05) is 68.8 Å². The first-order valence-electron chi connectivity index (χ1n) is 14.2. The molecular formula is C33H39N5O2. The van der Waals surface area contributed by atoms with Crippen LogP contribution >= 0.6 is 0 Å². The molecule has 5 rings (SSSR count). The number of carbonyl (C=O) groups excluding carboxylic acids is 2. The fourth-order valence-corrected chi connectivity index (χ4v) is 5.25. The summed E-state index contributed by atoms with van der Waals surface area (Å²) in [6, 6.07) is 23.8. The van der Waals surface area contributed by atoms with Crippen LogP contribution in [0.25, 0.3) is 11.3 Å². The number of amides is 2. The summed E-state index contributed by atoms with van der Waals surface area (Å²) < 4.78 is 0. The molecule has 208 valence electrons. The summed E-state index contributed by atoms with van der Waals surface area (Å²) in [6.45, 7) is 8.09. The Labute approximate surface area is 237 Å². The van der Waals surface area contributed by atoms with Gasteiger partial charge in [-0.1, -0.05) is 55.8 Å². The lowest BCUT2D eigenvalue weighted by Crippen LogP contribution is -2.43. The lowest BCUT2D eigenvalue weighted by Gasteiger charge is -2.32. The van der Waals surface area contributed by atoms with Crippen molar-refractivity contribution in [1.82, 2.24) is 14.7 Å². The van der Waals surface area contributed by atoms with Crippen LogP contribution in [-0.2, 0) is 11.3 Å². The first kappa shape index (κ1) is 27.6. The molecule has 2 N–H and O–H groups in total. The molecule has 3 aromatic rings. The molecule has 0 bridgehead atoms. The van der Waals surface area contributed by atoms with Crippen molar-refractivity contribution in [1.29, 1.82) is 0 Å². The Kier molecular flexibility index (Phi) is 8.63. The van der Waals surface area contributed by atoms with Crippen LogP contribution in [-0.4, -0.2) is 73.3 Å². The lowest BCUT2D eigenvalue weighted by atomic mass is 9.98. The number of nitrogens with zero attached hydrogens (tertiary/aromatic N) is 3. The molecule has 0 unspecified atom stereocenters. The molecule has 0 spiro atoms. The van der Waals surface area contributed by atoms with Crippen LogP contribution in [0.5, 0.6) is 0 Å². The number of piperazine rings is 1. The van der Waals surface area contributed by atoms with Gasteiger partial charge in [-0.15, -0.1) is 0 Å². The molecule has 2 aliphatic rings. The van der Waals surface area contributed by atoms with Crippen molar-refractivity contribution in [2.24, 2.45) is 0 Å². The minimum absolute atomic E-state index is 0.0416. The predicted molar refractivity (Wildman–Crippen MR) is 163 cm³/mol. The van der Waals surface area contributed by atoms with Gasteiger partial charge in [0.15, 0.2) is 0 Å². The van der Waals surface area contributed by atoms with E-state index >= 15 is 0 Å². The van der Waals surface area contributed by atoms with Gasteiger partial charge >= 0.3 is 0 Å². The Morgan fingerprint density at radius 2 is 1.68 bits per heavy atom. The number of nitrogens with one attached hydrogen (secondary N) is 2. The maximum atomic E-state index is 13.4. The summed E-state index contributed by atoms with van der Waals surface area (Å²) in [4.78, 5) is 33.1. The van der Waals surface area contributed by atoms with Gasteiger partial charge in [0.2, 0.25) is 0 Å². The zero-order valence-corrected chi connectivity index (χ0v) is 23.7. The zero-order chi connectivity index (χ0) is 28.1. The van der Waals surface area contributed by atoms with Crippen molar-refractivity contribution in [2.75, 3.05) is 57.5 Å². The summed E-state index contributed by atoms with van der Waals surface area (Å²) in [7, 11) is 4.00. The Bertz CT molecular complexity index is 1380. The average molecular weight is 538 g/mol. The van der Waals surface area contributed by atoms with E-state index in [1.165, 1.54) is 5.56 Å². The van der Waals surface area contributed by atoms with Gasteiger partial charge < -0.3 is 20.4 Å². The second kappa shape index (κ2) is 12.5. The van der Waals surface area contributed by atoms with Crippen LogP contribution in [0.3, 0.4) is 0 Å². The molecule has 0 saturated carbocycles. The number of benzene rings is 3. The zero-order valence-electron chi connectivity index (χ0n) is 23.7. The van der Waals surface area contributed by atoms with E-state index in [-0.39, 0.29) is 11.8 Å². The van der Waals surface area contributed by atoms with Crippen molar-refractivity contribution < 1.29 is 9.59 Å². The van der Waals surface area contributed by atoms with Crippen molar-refractivity contribution in [3.05, 3.63) is 95.1 Å². The summed E-state index contributed by atoms with van der Waals surface area (Å²) in [5, 5.41) is 6.55. The molecule has 3 aromatic carbocycles. The SMILES string of the molecule is CCCCN(C)C(=O)c1ccc2c(c1)C(=C(Nc1ccc(CN3CCN(C)CC3)cc1)c1ccccc1)C(=O)N2. The standard InChI is InChI=1S/C33H39N5O2/c1-4-5-17-37(3)33(40)26-13-16-29-28(22-26)30(32(39)35-29)31(25-9-7-6-8-10-25)34-27-14-11-24(12-15-27)23-38-20-18-36(2)19-21-38/h6-16,22,34H,4-5,17-21,23H2,1-3H3,(H,35,39). The van der Waals surface area contributed by atoms with Gasteiger partial charge in [0.25, 0.3) is 11.8 Å². The molecule has 40 heavy (non-hydrogen) atoms. The van der Waals surface area contributed by atoms with Crippen molar-refractivity contribution in [2.45, 2.75) is 26.3 Å². The topological polar surface area (TPSA) is 67.9 Å². The smallest absolute Gasteiger partial charge is 0.258 e. The van der Waals surface area contributed by atoms with Crippen LogP contribution in [0.2, 0.25) is 0 Å². The van der Waals surface area contributed by atoms with E-state index in [0.29, 0.717) is 29.1 Å². The molecule has 2 amide bonds. The van der Waals surface area contributed by atoms with Crippen LogP contribution in [0, 0.1) is 0 Å². The van der Waals surface area contributed by atoms with E-state index in [1.807, 2.05) is 49.5 Å². The monoisotopic (exact) mass is 537 g/mol. The quantitative estimate of drug-likeness (QED) is 0.366. The third kappa shape index (κ3) is 6.27. The van der Waals surface area contributed by atoms with Gasteiger partial charge in [-0.25, -0.2) is 0 Å². The van der Waals surface area contributed by atoms with Crippen molar-refractivity contribution in [3.8, 4) is 0 Å². The van der Waals surface area contributed by atoms with E-state index in [1.54, 1.807) is 11.0 Å². The first-order chi connectivity index (χ1) is 19.4. The Morgan fingerprint density at radius 3 is 2.38 bits per heavy atom. The summed E-state index contributed by atoms with van der Waals surface area (Å²) in [5.41, 5.74) is 6.35. The molecule has 7 heteroatoms. The van der Waals surface area contributed by atoms with Crippen LogP contribution < -0.4 is 10.6 Å². The van der Waals surface area contributed by atoms with E-state index in [4.69, 9.17) is 0 Å². The Morgan fingerprint density at radius 1 is 0.950 bits per heavy atom. The van der Waals surface area contributed by atoms with Gasteiger partial charge in [-0.3, -0.25) is 14.5 Å². The predicted octanol–water partition coefficient (Wildman–Crippen LogP) is 5.24. The van der Waals surface area contributed by atoms with Crippen molar-refractivity contribution >= 4 is 34.5 Å². The van der Waals surface area contributed by atoms with E-state index in [0.717, 1.165) is 62.4 Å². The first-order valence-corrected chi connectivity index (χ1v) is 14.2. The molecule has 0 atom stereocenters. The summed E-state index contributed by atoms with van der Waals surface area (Å²) in [5.74, 6) is -0.225. The van der Waals surface area contributed by atoms with Gasteiger partial charge in [-0.05, 0) is 54.9 Å². The van der Waals surface area contributed by atoms with E-state index < -0.39 is 0 Å². The molecule has 2 heterocycles. The molecule has 2 aliphatic heterocycles. The molecule has 0 aromatic heterocycles. The minimum atomic E-state index is -0.183. The number of rotatable bonds is 9. The summed E-state index contributed by atoms with van der Waals surface area (Å²) in [6.07, 6.45) is 1.98. The Balaban J connectivity index is 1.45. The van der Waals surface area contributed by atoms with Gasteiger partial charge in [0.05, 0.1) is 11.3 Å². The molecule has 7 nitrogen and oxygen atoms in total. The minimum Gasteiger partial charge on any atom is -0.354 e. The number of anilines is 2. The highest BCUT2D eigenvalue weighted by Gasteiger charge is 2.30. The van der Waals surface area contributed by atoms with Crippen molar-refractivity contribution in [3.63, 3.8) is 0 Å². The lowest BCUT2D eigenvalue weighted by molar-refractivity contribution is -0.110.